The fourth-order valence-electron chi connectivity index (χ4n) is 3.18. The van der Waals surface area contributed by atoms with Crippen molar-refractivity contribution < 1.29 is 4.42 Å². The topological polar surface area (TPSA) is 19.6 Å². The quantitative estimate of drug-likeness (QED) is 0.644. The molecule has 3 heteroatoms. The minimum Gasteiger partial charge on any atom is -0.438 e. The summed E-state index contributed by atoms with van der Waals surface area (Å²) in [5.74, 6) is 0.951. The SMILES string of the molecule is Cc1ccccc1N1c2c(oc3ccccc23)N(C)[C@@H]1C. The first-order valence-corrected chi connectivity index (χ1v) is 7.27. The van der Waals surface area contributed by atoms with Crippen molar-refractivity contribution in [2.45, 2.75) is 20.0 Å². The number of rotatable bonds is 1. The monoisotopic (exact) mass is 278 g/mol. The van der Waals surface area contributed by atoms with Crippen LogP contribution in [0.5, 0.6) is 0 Å². The summed E-state index contributed by atoms with van der Waals surface area (Å²) < 4.78 is 6.07. The summed E-state index contributed by atoms with van der Waals surface area (Å²) in [5, 5.41) is 1.17. The molecule has 2 heterocycles. The van der Waals surface area contributed by atoms with E-state index in [1.54, 1.807) is 0 Å². The highest BCUT2D eigenvalue weighted by Crippen LogP contribution is 2.49. The fraction of sp³-hybridized carbons (Fsp3) is 0.222. The molecule has 106 valence electrons. The van der Waals surface area contributed by atoms with Gasteiger partial charge in [0, 0.05) is 18.1 Å². The van der Waals surface area contributed by atoms with E-state index < -0.39 is 0 Å². The average molecular weight is 278 g/mol. The molecule has 0 amide bonds. The van der Waals surface area contributed by atoms with E-state index in [0.29, 0.717) is 0 Å². The van der Waals surface area contributed by atoms with Gasteiger partial charge in [0.25, 0.3) is 0 Å². The number of furan rings is 1. The Kier molecular flexibility index (Phi) is 2.52. The van der Waals surface area contributed by atoms with E-state index in [2.05, 4.69) is 67.1 Å². The predicted molar refractivity (Wildman–Crippen MR) is 87.4 cm³/mol. The molecule has 0 spiro atoms. The maximum absolute atomic E-state index is 6.07. The highest BCUT2D eigenvalue weighted by molar-refractivity contribution is 6.02. The smallest absolute Gasteiger partial charge is 0.222 e. The van der Waals surface area contributed by atoms with Crippen molar-refractivity contribution in [2.75, 3.05) is 16.8 Å². The molecule has 0 radical (unpaired) electrons. The molecule has 0 aliphatic carbocycles. The number of fused-ring (bicyclic) bond motifs is 3. The first kappa shape index (κ1) is 12.3. The Morgan fingerprint density at radius 1 is 1.00 bits per heavy atom. The summed E-state index contributed by atoms with van der Waals surface area (Å²) >= 11 is 0. The standard InChI is InChI=1S/C18H18N2O/c1-12-8-4-6-10-15(12)20-13(2)19(3)18-17(20)14-9-5-7-11-16(14)21-18/h4-11,13H,1-3H3/t13-/m0/s1. The molecule has 0 saturated carbocycles. The second kappa shape index (κ2) is 4.29. The van der Waals surface area contributed by atoms with Gasteiger partial charge in [-0.1, -0.05) is 30.3 Å². The normalized spacial score (nSPS) is 17.6. The van der Waals surface area contributed by atoms with Gasteiger partial charge < -0.3 is 14.2 Å². The molecule has 1 atom stereocenters. The van der Waals surface area contributed by atoms with Crippen LogP contribution in [0.25, 0.3) is 11.0 Å². The molecule has 2 aromatic carbocycles. The van der Waals surface area contributed by atoms with Crippen LogP contribution < -0.4 is 9.80 Å². The van der Waals surface area contributed by atoms with Crippen LogP contribution in [0.15, 0.2) is 52.9 Å². The van der Waals surface area contributed by atoms with Crippen molar-refractivity contribution in [2.24, 2.45) is 0 Å². The van der Waals surface area contributed by atoms with Gasteiger partial charge in [-0.3, -0.25) is 0 Å². The molecule has 0 saturated heterocycles. The molecule has 0 N–H and O–H groups in total. The Labute approximate surface area is 124 Å². The second-order valence-electron chi connectivity index (χ2n) is 5.65. The summed E-state index contributed by atoms with van der Waals surface area (Å²) in [7, 11) is 2.09. The summed E-state index contributed by atoms with van der Waals surface area (Å²) in [5.41, 5.74) is 4.63. The zero-order valence-electron chi connectivity index (χ0n) is 12.5. The first-order chi connectivity index (χ1) is 10.2. The van der Waals surface area contributed by atoms with E-state index in [1.807, 2.05) is 12.1 Å². The molecule has 0 fully saturated rings. The Bertz CT molecular complexity index is 821. The van der Waals surface area contributed by atoms with Gasteiger partial charge in [-0.25, -0.2) is 0 Å². The number of para-hydroxylation sites is 2. The third-order valence-corrected chi connectivity index (χ3v) is 4.42. The molecule has 1 aliphatic heterocycles. The largest absolute Gasteiger partial charge is 0.438 e. The van der Waals surface area contributed by atoms with Crippen LogP contribution in [-0.2, 0) is 0 Å². The fourth-order valence-corrected chi connectivity index (χ4v) is 3.18. The van der Waals surface area contributed by atoms with Gasteiger partial charge in [-0.15, -0.1) is 0 Å². The summed E-state index contributed by atoms with van der Waals surface area (Å²) in [4.78, 5) is 4.57. The maximum Gasteiger partial charge on any atom is 0.222 e. The van der Waals surface area contributed by atoms with E-state index in [4.69, 9.17) is 4.42 Å². The molecule has 3 nitrogen and oxygen atoms in total. The lowest BCUT2D eigenvalue weighted by atomic mass is 10.1. The van der Waals surface area contributed by atoms with Crippen molar-refractivity contribution in [1.82, 2.24) is 0 Å². The van der Waals surface area contributed by atoms with Crippen LogP contribution in [0.4, 0.5) is 17.3 Å². The van der Waals surface area contributed by atoms with E-state index in [0.717, 1.165) is 11.5 Å². The van der Waals surface area contributed by atoms with Crippen LogP contribution in [-0.4, -0.2) is 13.2 Å². The number of aryl methyl sites for hydroxylation is 1. The molecule has 1 aliphatic rings. The maximum atomic E-state index is 6.07. The van der Waals surface area contributed by atoms with Gasteiger partial charge in [-0.05, 0) is 37.6 Å². The number of anilines is 3. The predicted octanol–water partition coefficient (Wildman–Crippen LogP) is 4.68. The lowest BCUT2D eigenvalue weighted by molar-refractivity contribution is 0.589. The van der Waals surface area contributed by atoms with E-state index in [9.17, 15) is 0 Å². The molecule has 4 rings (SSSR count). The third-order valence-electron chi connectivity index (χ3n) is 4.42. The van der Waals surface area contributed by atoms with Crippen LogP contribution in [0.1, 0.15) is 12.5 Å². The van der Waals surface area contributed by atoms with Gasteiger partial charge in [0.05, 0.1) is 0 Å². The van der Waals surface area contributed by atoms with Crippen LogP contribution in [0, 0.1) is 6.92 Å². The first-order valence-electron chi connectivity index (χ1n) is 7.27. The Hall–Kier alpha value is -2.42. The lowest BCUT2D eigenvalue weighted by Gasteiger charge is -2.28. The van der Waals surface area contributed by atoms with Crippen molar-refractivity contribution >= 4 is 28.2 Å². The Morgan fingerprint density at radius 3 is 2.52 bits per heavy atom. The van der Waals surface area contributed by atoms with Gasteiger partial charge in [0.1, 0.15) is 17.4 Å². The molecular formula is C18H18N2O. The lowest BCUT2D eigenvalue weighted by Crippen LogP contribution is -2.36. The number of hydrogen-bond donors (Lipinski definition) is 0. The van der Waals surface area contributed by atoms with Gasteiger partial charge in [-0.2, -0.15) is 0 Å². The summed E-state index contributed by atoms with van der Waals surface area (Å²) in [6.07, 6.45) is 0.240. The zero-order chi connectivity index (χ0) is 14.6. The average Bonchev–Trinajstić information content (AvgIpc) is 2.98. The minimum absolute atomic E-state index is 0.240. The molecule has 0 unspecified atom stereocenters. The van der Waals surface area contributed by atoms with Gasteiger partial charge in [0.2, 0.25) is 5.88 Å². The van der Waals surface area contributed by atoms with Crippen molar-refractivity contribution in [3.05, 3.63) is 54.1 Å². The molecule has 1 aromatic heterocycles. The summed E-state index contributed by atoms with van der Waals surface area (Å²) in [6, 6.07) is 16.8. The van der Waals surface area contributed by atoms with Crippen LogP contribution >= 0.6 is 0 Å². The van der Waals surface area contributed by atoms with E-state index >= 15 is 0 Å². The van der Waals surface area contributed by atoms with Crippen molar-refractivity contribution in [3.63, 3.8) is 0 Å². The highest BCUT2D eigenvalue weighted by Gasteiger charge is 2.37. The highest BCUT2D eigenvalue weighted by atomic mass is 16.4. The Morgan fingerprint density at radius 2 is 1.71 bits per heavy atom. The second-order valence-corrected chi connectivity index (χ2v) is 5.65. The third kappa shape index (κ3) is 1.60. The van der Waals surface area contributed by atoms with Gasteiger partial charge in [0.15, 0.2) is 0 Å². The van der Waals surface area contributed by atoms with Crippen molar-refractivity contribution in [3.8, 4) is 0 Å². The van der Waals surface area contributed by atoms with E-state index in [-0.39, 0.29) is 6.17 Å². The van der Waals surface area contributed by atoms with Crippen molar-refractivity contribution in [1.29, 1.82) is 0 Å². The summed E-state index contributed by atoms with van der Waals surface area (Å²) in [6.45, 7) is 4.36. The van der Waals surface area contributed by atoms with E-state index in [1.165, 1.54) is 22.3 Å². The van der Waals surface area contributed by atoms with Crippen LogP contribution in [0.3, 0.4) is 0 Å². The molecular weight excluding hydrogens is 260 g/mol. The molecule has 0 bridgehead atoms. The number of hydrogen-bond acceptors (Lipinski definition) is 3. The Balaban J connectivity index is 2.01. The number of nitrogens with zero attached hydrogens (tertiary/aromatic N) is 2. The number of benzene rings is 2. The van der Waals surface area contributed by atoms with Crippen LogP contribution in [0.2, 0.25) is 0 Å². The van der Waals surface area contributed by atoms with Gasteiger partial charge >= 0.3 is 0 Å². The molecule has 21 heavy (non-hydrogen) atoms. The molecule has 3 aromatic rings. The zero-order valence-corrected chi connectivity index (χ0v) is 12.5. The minimum atomic E-state index is 0.240.